The van der Waals surface area contributed by atoms with Gasteiger partial charge in [-0.1, -0.05) is 62.5 Å². The second-order valence-corrected chi connectivity index (χ2v) is 5.96. The van der Waals surface area contributed by atoms with Gasteiger partial charge in [0, 0.05) is 14.5 Å². The van der Waals surface area contributed by atoms with Gasteiger partial charge in [-0.05, 0) is 24.0 Å². The molecule has 1 unspecified atom stereocenters. The van der Waals surface area contributed by atoms with Gasteiger partial charge >= 0.3 is 0 Å². The number of phenols is 1. The molecule has 1 aliphatic carbocycles. The molecule has 86 valence electrons. The maximum atomic E-state index is 10.1. The van der Waals surface area contributed by atoms with Crippen LogP contribution in [-0.2, 0) is 0 Å². The van der Waals surface area contributed by atoms with Gasteiger partial charge in [0.05, 0.1) is 0 Å². The molecule has 0 fully saturated rings. The molecule has 1 nitrogen and oxygen atoms in total. The Hall–Kier alpha value is -0.475. The minimum atomic E-state index is 0.197. The zero-order valence-electron chi connectivity index (χ0n) is 9.37. The Labute approximate surface area is 119 Å². The van der Waals surface area contributed by atoms with Crippen molar-refractivity contribution < 1.29 is 5.11 Å². The molecule has 1 aromatic carbocycles. The number of hydrogen-bond acceptors (Lipinski definition) is 1. The summed E-state index contributed by atoms with van der Waals surface area (Å²) in [7, 11) is 5.80. The highest BCUT2D eigenvalue weighted by atomic mass is 79.9. The van der Waals surface area contributed by atoms with Gasteiger partial charge in [0.2, 0.25) is 0 Å². The van der Waals surface area contributed by atoms with Gasteiger partial charge in [0.1, 0.15) is 13.6 Å². The number of aromatic hydroxyl groups is 1. The number of fused-ring (bicyclic) bond motifs is 1. The van der Waals surface area contributed by atoms with E-state index in [2.05, 4.69) is 44.9 Å². The maximum Gasteiger partial charge on any atom is 0.119 e. The Morgan fingerprint density at radius 2 is 2.12 bits per heavy atom. The number of halogens is 2. The smallest absolute Gasteiger partial charge is 0.119 e. The Bertz CT molecular complexity index is 521. The quantitative estimate of drug-likeness (QED) is 0.704. The molecular weight excluding hydrogens is 343 g/mol. The van der Waals surface area contributed by atoms with Crippen LogP contribution in [0.4, 0.5) is 0 Å². The van der Waals surface area contributed by atoms with Crippen LogP contribution in [-0.4, -0.2) is 13.0 Å². The van der Waals surface area contributed by atoms with Crippen LogP contribution in [0.25, 0.3) is 6.08 Å². The third-order valence-electron chi connectivity index (χ3n) is 2.90. The molecule has 17 heavy (non-hydrogen) atoms. The van der Waals surface area contributed by atoms with E-state index >= 15 is 0 Å². The zero-order valence-corrected chi connectivity index (χ0v) is 12.5. The van der Waals surface area contributed by atoms with Crippen LogP contribution < -0.4 is 5.46 Å². The first-order valence-electron chi connectivity index (χ1n) is 5.35. The first-order valence-corrected chi connectivity index (χ1v) is 6.94. The lowest BCUT2D eigenvalue weighted by Gasteiger charge is -2.20. The highest BCUT2D eigenvalue weighted by Crippen LogP contribution is 2.37. The second-order valence-electron chi connectivity index (χ2n) is 4.19. The third kappa shape index (κ3) is 2.53. The first kappa shape index (κ1) is 13.0. The minimum absolute atomic E-state index is 0.197. The van der Waals surface area contributed by atoms with Crippen molar-refractivity contribution in [1.82, 2.24) is 0 Å². The van der Waals surface area contributed by atoms with Crippen LogP contribution in [0.5, 0.6) is 5.75 Å². The summed E-state index contributed by atoms with van der Waals surface area (Å²) in [4.78, 5) is 0. The average Bonchev–Trinajstić information content (AvgIpc) is 2.24. The van der Waals surface area contributed by atoms with E-state index in [9.17, 15) is 5.11 Å². The molecule has 0 spiro atoms. The summed E-state index contributed by atoms with van der Waals surface area (Å²) in [5, 5.41) is 10.1. The summed E-state index contributed by atoms with van der Waals surface area (Å²) in [6, 6.07) is 1.74. The zero-order chi connectivity index (χ0) is 12.6. The summed E-state index contributed by atoms with van der Waals surface area (Å²) >= 11 is 6.98. The van der Waals surface area contributed by atoms with Crippen molar-refractivity contribution in [3.05, 3.63) is 38.3 Å². The van der Waals surface area contributed by atoms with Crippen molar-refractivity contribution >= 4 is 51.2 Å². The SMILES string of the molecule is [B]c1cc(Br)c2c(c1O)C(C)CC=CC(Br)=C2. The van der Waals surface area contributed by atoms with Crippen molar-refractivity contribution in [3.8, 4) is 5.75 Å². The lowest BCUT2D eigenvalue weighted by molar-refractivity contribution is 0.467. The monoisotopic (exact) mass is 352 g/mol. The van der Waals surface area contributed by atoms with E-state index in [4.69, 9.17) is 7.85 Å². The van der Waals surface area contributed by atoms with Crippen molar-refractivity contribution in [1.29, 1.82) is 0 Å². The highest BCUT2D eigenvalue weighted by Gasteiger charge is 2.19. The van der Waals surface area contributed by atoms with E-state index in [0.717, 1.165) is 26.5 Å². The lowest BCUT2D eigenvalue weighted by atomic mass is 9.84. The molecule has 0 saturated heterocycles. The molecule has 2 radical (unpaired) electrons. The lowest BCUT2D eigenvalue weighted by Crippen LogP contribution is -2.10. The van der Waals surface area contributed by atoms with Gasteiger partial charge in [-0.3, -0.25) is 0 Å². The summed E-state index contributed by atoms with van der Waals surface area (Å²) in [6.07, 6.45) is 6.98. The standard InChI is InChI=1S/C13H11BBr2O/c1-7-3-2-4-8(15)5-9-11(16)6-10(14)13(17)12(7)9/h2,4-7,17H,3H2,1H3. The molecule has 1 aliphatic rings. The van der Waals surface area contributed by atoms with Gasteiger partial charge in [-0.2, -0.15) is 0 Å². The number of rotatable bonds is 0. The predicted molar refractivity (Wildman–Crippen MR) is 80.3 cm³/mol. The van der Waals surface area contributed by atoms with Gasteiger partial charge < -0.3 is 5.11 Å². The van der Waals surface area contributed by atoms with Crippen LogP contribution >= 0.6 is 31.9 Å². The van der Waals surface area contributed by atoms with Gasteiger partial charge in [0.15, 0.2) is 0 Å². The largest absolute Gasteiger partial charge is 0.508 e. The van der Waals surface area contributed by atoms with Gasteiger partial charge in [-0.15, -0.1) is 0 Å². The van der Waals surface area contributed by atoms with Crippen LogP contribution in [0.1, 0.15) is 30.4 Å². The molecule has 1 aromatic rings. The Balaban J connectivity index is 2.75. The van der Waals surface area contributed by atoms with Crippen molar-refractivity contribution in [2.45, 2.75) is 19.3 Å². The molecule has 4 heteroatoms. The summed E-state index contributed by atoms with van der Waals surface area (Å²) < 4.78 is 1.89. The van der Waals surface area contributed by atoms with E-state index in [0.29, 0.717) is 5.46 Å². The van der Waals surface area contributed by atoms with Crippen LogP contribution in [0, 0.1) is 0 Å². The summed E-state index contributed by atoms with van der Waals surface area (Å²) in [5.41, 5.74) is 2.30. The fraction of sp³-hybridized carbons (Fsp3) is 0.231. The first-order chi connectivity index (χ1) is 8.00. The molecule has 2 rings (SSSR count). The van der Waals surface area contributed by atoms with Crippen LogP contribution in [0.2, 0.25) is 0 Å². The highest BCUT2D eigenvalue weighted by molar-refractivity contribution is 9.12. The van der Waals surface area contributed by atoms with E-state index in [1.54, 1.807) is 6.07 Å². The number of hydrogen-bond donors (Lipinski definition) is 1. The Kier molecular flexibility index (Phi) is 3.84. The minimum Gasteiger partial charge on any atom is -0.508 e. The van der Waals surface area contributed by atoms with E-state index in [1.807, 2.05) is 12.2 Å². The molecule has 1 atom stereocenters. The fourth-order valence-electron chi connectivity index (χ4n) is 2.03. The fourth-order valence-corrected chi connectivity index (χ4v) is 3.02. The molecule has 0 saturated carbocycles. The average molecular weight is 354 g/mol. The van der Waals surface area contributed by atoms with Gasteiger partial charge in [0.25, 0.3) is 0 Å². The summed E-state index contributed by atoms with van der Waals surface area (Å²) in [5.74, 6) is 0.431. The number of allylic oxidation sites excluding steroid dienone is 3. The molecule has 0 aromatic heterocycles. The van der Waals surface area contributed by atoms with Crippen LogP contribution in [0.15, 0.2) is 27.2 Å². The second kappa shape index (κ2) is 5.03. The number of phenolic OH excluding ortho intramolecular Hbond substituents is 1. The normalized spacial score (nSPS) is 19.2. The van der Waals surface area contributed by atoms with Crippen molar-refractivity contribution in [2.75, 3.05) is 0 Å². The Morgan fingerprint density at radius 3 is 2.82 bits per heavy atom. The van der Waals surface area contributed by atoms with Crippen molar-refractivity contribution in [3.63, 3.8) is 0 Å². The van der Waals surface area contributed by atoms with Crippen LogP contribution in [0.3, 0.4) is 0 Å². The Morgan fingerprint density at radius 1 is 1.41 bits per heavy atom. The summed E-state index contributed by atoms with van der Waals surface area (Å²) in [6.45, 7) is 2.09. The van der Waals surface area contributed by atoms with Gasteiger partial charge in [-0.25, -0.2) is 0 Å². The van der Waals surface area contributed by atoms with E-state index in [1.165, 1.54) is 0 Å². The van der Waals surface area contributed by atoms with E-state index < -0.39 is 0 Å². The number of benzene rings is 1. The molecular formula is C13H11BBr2O. The molecule has 0 bridgehead atoms. The molecule has 0 aliphatic heterocycles. The maximum absolute atomic E-state index is 10.1. The third-order valence-corrected chi connectivity index (χ3v) is 4.05. The van der Waals surface area contributed by atoms with Crippen molar-refractivity contribution in [2.24, 2.45) is 0 Å². The van der Waals surface area contributed by atoms with E-state index in [-0.39, 0.29) is 11.7 Å². The molecule has 0 amide bonds. The molecule has 0 heterocycles. The molecule has 1 N–H and O–H groups in total. The predicted octanol–water partition coefficient (Wildman–Crippen LogP) is 3.75. The topological polar surface area (TPSA) is 20.2 Å².